The van der Waals surface area contributed by atoms with Crippen molar-refractivity contribution >= 4 is 29.1 Å². The van der Waals surface area contributed by atoms with Crippen LogP contribution in [0, 0.1) is 0 Å². The second-order valence-corrected chi connectivity index (χ2v) is 6.06. The number of aromatic nitrogens is 2. The number of para-hydroxylation sites is 1. The molecule has 0 fully saturated rings. The topological polar surface area (TPSA) is 94.8 Å². The molecule has 9 heteroatoms. The van der Waals surface area contributed by atoms with Crippen molar-refractivity contribution < 1.29 is 23.6 Å². The zero-order valence-corrected chi connectivity index (χ0v) is 14.9. The molecule has 0 atom stereocenters. The second-order valence-electron chi connectivity index (χ2n) is 5.12. The molecule has 0 radical (unpaired) electrons. The van der Waals surface area contributed by atoms with E-state index in [1.807, 2.05) is 17.5 Å². The number of carbonyl (C=O) groups is 2. The summed E-state index contributed by atoms with van der Waals surface area (Å²) in [6, 6.07) is 10.3. The molecular formula is C17H15N3O5S. The van der Waals surface area contributed by atoms with Gasteiger partial charge in [-0.15, -0.1) is 11.3 Å². The van der Waals surface area contributed by atoms with Crippen LogP contribution in [0.5, 0.6) is 0 Å². The summed E-state index contributed by atoms with van der Waals surface area (Å²) in [6.07, 6.45) is -0.594. The van der Waals surface area contributed by atoms with Crippen molar-refractivity contribution in [3.8, 4) is 10.8 Å². The maximum Gasteiger partial charge on any atom is 0.413 e. The summed E-state index contributed by atoms with van der Waals surface area (Å²) in [5.41, 5.74) is 0.596. The van der Waals surface area contributed by atoms with E-state index in [2.05, 4.69) is 14.9 Å². The van der Waals surface area contributed by atoms with Gasteiger partial charge in [-0.05, 0) is 23.6 Å². The number of nitrogens with zero attached hydrogens (tertiary/aromatic N) is 3. The molecule has 0 spiro atoms. The van der Waals surface area contributed by atoms with Crippen LogP contribution < -0.4 is 4.90 Å². The number of hydrogen-bond acceptors (Lipinski definition) is 8. The van der Waals surface area contributed by atoms with Crippen molar-refractivity contribution in [2.24, 2.45) is 0 Å². The molecule has 1 aromatic carbocycles. The van der Waals surface area contributed by atoms with E-state index in [0.717, 1.165) is 4.88 Å². The lowest BCUT2D eigenvalue weighted by atomic mass is 10.1. The van der Waals surface area contributed by atoms with E-state index < -0.39 is 12.1 Å². The summed E-state index contributed by atoms with van der Waals surface area (Å²) in [5, 5.41) is 5.69. The Hall–Kier alpha value is -3.20. The molecule has 0 unspecified atom stereocenters. The smallest absolute Gasteiger partial charge is 0.413 e. The van der Waals surface area contributed by atoms with Crippen molar-refractivity contribution in [2.45, 2.75) is 6.61 Å². The van der Waals surface area contributed by atoms with Crippen molar-refractivity contribution in [1.82, 2.24) is 10.1 Å². The molecule has 0 aliphatic heterocycles. The minimum absolute atomic E-state index is 0.149. The Labute approximate surface area is 153 Å². The molecule has 0 saturated carbocycles. The zero-order chi connectivity index (χ0) is 18.5. The van der Waals surface area contributed by atoms with Gasteiger partial charge in [0.25, 0.3) is 5.89 Å². The Bertz CT molecular complexity index is 907. The summed E-state index contributed by atoms with van der Waals surface area (Å²) in [5.74, 6) is 0.0104. The van der Waals surface area contributed by atoms with Crippen LogP contribution in [0.2, 0.25) is 0 Å². The van der Waals surface area contributed by atoms with Crippen LogP contribution in [0.3, 0.4) is 0 Å². The first-order valence-corrected chi connectivity index (χ1v) is 8.42. The Morgan fingerprint density at radius 2 is 2.04 bits per heavy atom. The molecule has 1 amide bonds. The lowest BCUT2D eigenvalue weighted by molar-refractivity contribution is 0.0460. The third kappa shape index (κ3) is 3.72. The van der Waals surface area contributed by atoms with Crippen LogP contribution in [-0.4, -0.2) is 36.4 Å². The number of benzene rings is 1. The van der Waals surface area contributed by atoms with Crippen molar-refractivity contribution in [3.05, 3.63) is 53.2 Å². The van der Waals surface area contributed by atoms with E-state index in [-0.39, 0.29) is 18.0 Å². The Morgan fingerprint density at radius 1 is 1.23 bits per heavy atom. The highest BCUT2D eigenvalue weighted by molar-refractivity contribution is 7.13. The third-order valence-electron chi connectivity index (χ3n) is 3.47. The maximum absolute atomic E-state index is 12.4. The van der Waals surface area contributed by atoms with E-state index in [4.69, 9.17) is 9.26 Å². The van der Waals surface area contributed by atoms with Crippen molar-refractivity contribution in [1.29, 1.82) is 0 Å². The number of carbonyl (C=O) groups excluding carboxylic acids is 2. The SMILES string of the molecule is COC(=O)N(C)c1ccccc1C(=O)OCc1noc(-c2cccs2)n1. The average molecular weight is 373 g/mol. The van der Waals surface area contributed by atoms with Gasteiger partial charge in [0.1, 0.15) is 0 Å². The standard InChI is InChI=1S/C17H15N3O5S/c1-20(17(22)23-2)12-7-4-3-6-11(12)16(21)24-10-14-18-15(25-19-14)13-8-5-9-26-13/h3-9H,10H2,1-2H3. The number of anilines is 1. The number of esters is 1. The number of thiophene rings is 1. The largest absolute Gasteiger partial charge is 0.454 e. The van der Waals surface area contributed by atoms with Gasteiger partial charge in [-0.3, -0.25) is 4.90 Å². The molecule has 8 nitrogen and oxygen atoms in total. The predicted octanol–water partition coefficient (Wildman–Crippen LogP) is 3.36. The second kappa shape index (κ2) is 7.79. The minimum Gasteiger partial charge on any atom is -0.454 e. The fourth-order valence-corrected chi connectivity index (χ4v) is 2.84. The van der Waals surface area contributed by atoms with Crippen LogP contribution in [0.25, 0.3) is 10.8 Å². The zero-order valence-electron chi connectivity index (χ0n) is 14.0. The number of ether oxygens (including phenoxy) is 2. The van der Waals surface area contributed by atoms with Crippen LogP contribution >= 0.6 is 11.3 Å². The predicted molar refractivity (Wildman–Crippen MR) is 94.0 cm³/mol. The molecule has 0 saturated heterocycles. The van der Waals surface area contributed by atoms with Crippen LogP contribution in [0.15, 0.2) is 46.3 Å². The van der Waals surface area contributed by atoms with Gasteiger partial charge in [-0.1, -0.05) is 23.4 Å². The highest BCUT2D eigenvalue weighted by Gasteiger charge is 2.20. The molecular weight excluding hydrogens is 358 g/mol. The molecule has 0 N–H and O–H groups in total. The molecule has 2 aromatic heterocycles. The Morgan fingerprint density at radius 3 is 2.77 bits per heavy atom. The van der Waals surface area contributed by atoms with Crippen molar-refractivity contribution in [2.75, 3.05) is 19.1 Å². The molecule has 0 aliphatic carbocycles. The van der Waals surface area contributed by atoms with Gasteiger partial charge in [0.15, 0.2) is 6.61 Å². The fourth-order valence-electron chi connectivity index (χ4n) is 2.19. The highest BCUT2D eigenvalue weighted by Crippen LogP contribution is 2.23. The number of amides is 1. The van der Waals surface area contributed by atoms with Gasteiger partial charge < -0.3 is 14.0 Å². The summed E-state index contributed by atoms with van der Waals surface area (Å²) < 4.78 is 15.1. The lowest BCUT2D eigenvalue weighted by Crippen LogP contribution is -2.27. The lowest BCUT2D eigenvalue weighted by Gasteiger charge is -2.18. The number of methoxy groups -OCH3 is 1. The minimum atomic E-state index is -0.612. The van der Waals surface area contributed by atoms with Crippen molar-refractivity contribution in [3.63, 3.8) is 0 Å². The monoisotopic (exact) mass is 373 g/mol. The molecule has 2 heterocycles. The van der Waals surface area contributed by atoms with Gasteiger partial charge in [-0.2, -0.15) is 4.98 Å². The van der Waals surface area contributed by atoms with Gasteiger partial charge in [0, 0.05) is 7.05 Å². The van der Waals surface area contributed by atoms with Gasteiger partial charge >= 0.3 is 12.1 Å². The van der Waals surface area contributed by atoms with E-state index in [1.54, 1.807) is 24.3 Å². The van der Waals surface area contributed by atoms with Gasteiger partial charge in [-0.25, -0.2) is 9.59 Å². The van der Waals surface area contributed by atoms with Gasteiger partial charge in [0.05, 0.1) is 23.2 Å². The van der Waals surface area contributed by atoms with Crippen LogP contribution in [0.4, 0.5) is 10.5 Å². The van der Waals surface area contributed by atoms with Crippen LogP contribution in [0.1, 0.15) is 16.2 Å². The molecule has 3 rings (SSSR count). The van der Waals surface area contributed by atoms with E-state index >= 15 is 0 Å². The number of rotatable bonds is 5. The Kier molecular flexibility index (Phi) is 5.28. The van der Waals surface area contributed by atoms with E-state index in [1.165, 1.54) is 30.4 Å². The first-order chi connectivity index (χ1) is 12.6. The number of hydrogen-bond donors (Lipinski definition) is 0. The van der Waals surface area contributed by atoms with E-state index in [9.17, 15) is 9.59 Å². The summed E-state index contributed by atoms with van der Waals surface area (Å²) in [4.78, 5) is 30.4. The van der Waals surface area contributed by atoms with Gasteiger partial charge in [0.2, 0.25) is 5.82 Å². The normalized spacial score (nSPS) is 10.4. The molecule has 0 aliphatic rings. The molecule has 26 heavy (non-hydrogen) atoms. The average Bonchev–Trinajstić information content (AvgIpc) is 3.36. The first kappa shape index (κ1) is 17.6. The maximum atomic E-state index is 12.4. The third-order valence-corrected chi connectivity index (χ3v) is 4.32. The molecule has 134 valence electrons. The van der Waals surface area contributed by atoms with Crippen LogP contribution in [-0.2, 0) is 16.1 Å². The molecule has 0 bridgehead atoms. The first-order valence-electron chi connectivity index (χ1n) is 7.54. The quantitative estimate of drug-likeness (QED) is 0.633. The summed E-state index contributed by atoms with van der Waals surface area (Å²) in [7, 11) is 2.77. The summed E-state index contributed by atoms with van der Waals surface area (Å²) in [6.45, 7) is -0.149. The Balaban J connectivity index is 1.70. The summed E-state index contributed by atoms with van der Waals surface area (Å²) >= 11 is 1.47. The van der Waals surface area contributed by atoms with E-state index in [0.29, 0.717) is 11.6 Å². The highest BCUT2D eigenvalue weighted by atomic mass is 32.1. The molecule has 3 aromatic rings. The fraction of sp³-hybridized carbons (Fsp3) is 0.176.